The van der Waals surface area contributed by atoms with E-state index in [-0.39, 0.29) is 17.6 Å². The third-order valence-corrected chi connectivity index (χ3v) is 4.39. The predicted octanol–water partition coefficient (Wildman–Crippen LogP) is 5.12. The van der Waals surface area contributed by atoms with E-state index in [0.717, 1.165) is 18.4 Å². The molecule has 0 radical (unpaired) electrons. The second-order valence-corrected chi connectivity index (χ2v) is 6.76. The molecule has 0 bridgehead atoms. The van der Waals surface area contributed by atoms with Crippen molar-refractivity contribution in [3.8, 4) is 0 Å². The summed E-state index contributed by atoms with van der Waals surface area (Å²) in [6, 6.07) is 10.6. The molecule has 0 aliphatic heterocycles. The van der Waals surface area contributed by atoms with Gasteiger partial charge in [-0.05, 0) is 43.2 Å². The lowest BCUT2D eigenvalue weighted by atomic mass is 10.1. The fraction of sp³-hybridized carbons (Fsp3) is 0.409. The molecule has 0 aliphatic rings. The number of amides is 2. The highest BCUT2D eigenvalue weighted by molar-refractivity contribution is 6.04. The number of carbonyl (C=O) groups excluding carboxylic acids is 2. The standard InChI is InChI=1S/C22H29N3O3/c1-3-4-5-6-7-8-14-21(26)25-24-17(2)18-11-9-12-19(16-18)23-22(27)20-13-10-15-28-20/h9-13,15-16H,3-8,14H2,1-2H3,(H,23,27)(H,25,26). The van der Waals surface area contributed by atoms with Crippen LogP contribution in [0.2, 0.25) is 0 Å². The number of anilines is 1. The number of furan rings is 1. The minimum Gasteiger partial charge on any atom is -0.459 e. The van der Waals surface area contributed by atoms with Gasteiger partial charge in [0.15, 0.2) is 5.76 Å². The number of benzene rings is 1. The van der Waals surface area contributed by atoms with E-state index in [0.29, 0.717) is 17.8 Å². The lowest BCUT2D eigenvalue weighted by Gasteiger charge is -2.07. The fourth-order valence-corrected chi connectivity index (χ4v) is 2.75. The molecule has 0 atom stereocenters. The number of carbonyl (C=O) groups is 2. The second kappa shape index (κ2) is 11.7. The van der Waals surface area contributed by atoms with E-state index in [1.165, 1.54) is 31.9 Å². The van der Waals surface area contributed by atoms with Crippen LogP contribution in [-0.4, -0.2) is 17.5 Å². The summed E-state index contributed by atoms with van der Waals surface area (Å²) in [5, 5.41) is 6.96. The van der Waals surface area contributed by atoms with E-state index in [2.05, 4.69) is 22.8 Å². The molecule has 28 heavy (non-hydrogen) atoms. The number of hydrogen-bond donors (Lipinski definition) is 2. The first-order valence-corrected chi connectivity index (χ1v) is 9.88. The highest BCUT2D eigenvalue weighted by atomic mass is 16.3. The maximum Gasteiger partial charge on any atom is 0.291 e. The zero-order chi connectivity index (χ0) is 20.2. The van der Waals surface area contributed by atoms with E-state index in [4.69, 9.17) is 4.42 Å². The van der Waals surface area contributed by atoms with E-state index < -0.39 is 0 Å². The maximum absolute atomic E-state index is 12.1. The Bertz CT molecular complexity index is 782. The largest absolute Gasteiger partial charge is 0.459 e. The Kier molecular flexibility index (Phi) is 8.98. The van der Waals surface area contributed by atoms with Gasteiger partial charge in [-0.15, -0.1) is 0 Å². The first-order chi connectivity index (χ1) is 13.6. The lowest BCUT2D eigenvalue weighted by Crippen LogP contribution is -2.19. The van der Waals surface area contributed by atoms with Crippen molar-refractivity contribution in [2.24, 2.45) is 5.10 Å². The van der Waals surface area contributed by atoms with Crippen molar-refractivity contribution >= 4 is 23.2 Å². The SMILES string of the molecule is CCCCCCCCC(=O)NN=C(C)c1cccc(NC(=O)c2ccco2)c1. The molecule has 150 valence electrons. The Morgan fingerprint density at radius 1 is 1.04 bits per heavy atom. The van der Waals surface area contributed by atoms with Crippen molar-refractivity contribution in [3.63, 3.8) is 0 Å². The molecule has 0 unspecified atom stereocenters. The van der Waals surface area contributed by atoms with Crippen molar-refractivity contribution in [1.29, 1.82) is 0 Å². The molecule has 0 fully saturated rings. The van der Waals surface area contributed by atoms with Gasteiger partial charge in [0.2, 0.25) is 5.91 Å². The van der Waals surface area contributed by atoms with Gasteiger partial charge in [-0.1, -0.05) is 51.2 Å². The zero-order valence-electron chi connectivity index (χ0n) is 16.7. The van der Waals surface area contributed by atoms with Gasteiger partial charge < -0.3 is 9.73 Å². The van der Waals surface area contributed by atoms with Crippen LogP contribution in [0.3, 0.4) is 0 Å². The van der Waals surface area contributed by atoms with Gasteiger partial charge in [0.1, 0.15) is 0 Å². The monoisotopic (exact) mass is 383 g/mol. The minimum absolute atomic E-state index is 0.0721. The van der Waals surface area contributed by atoms with E-state index in [9.17, 15) is 9.59 Å². The molecule has 1 aromatic heterocycles. The summed E-state index contributed by atoms with van der Waals surface area (Å²) in [7, 11) is 0. The van der Waals surface area contributed by atoms with Gasteiger partial charge >= 0.3 is 0 Å². The molecule has 2 aromatic rings. The summed E-state index contributed by atoms with van der Waals surface area (Å²) in [6.45, 7) is 4.01. The van der Waals surface area contributed by atoms with Crippen LogP contribution in [0, 0.1) is 0 Å². The third-order valence-electron chi connectivity index (χ3n) is 4.39. The van der Waals surface area contributed by atoms with Crippen molar-refractivity contribution in [2.45, 2.75) is 58.8 Å². The second-order valence-electron chi connectivity index (χ2n) is 6.76. The zero-order valence-corrected chi connectivity index (χ0v) is 16.7. The Morgan fingerprint density at radius 3 is 2.57 bits per heavy atom. The summed E-state index contributed by atoms with van der Waals surface area (Å²) in [5.74, 6) is -0.140. The summed E-state index contributed by atoms with van der Waals surface area (Å²) >= 11 is 0. The van der Waals surface area contributed by atoms with Crippen LogP contribution in [-0.2, 0) is 4.79 Å². The van der Waals surface area contributed by atoms with Crippen LogP contribution in [0.25, 0.3) is 0 Å². The fourth-order valence-electron chi connectivity index (χ4n) is 2.75. The maximum atomic E-state index is 12.1. The van der Waals surface area contributed by atoms with Crippen LogP contribution in [0.4, 0.5) is 5.69 Å². The third kappa shape index (κ3) is 7.39. The average molecular weight is 383 g/mol. The normalized spacial score (nSPS) is 11.3. The molecule has 2 amide bonds. The topological polar surface area (TPSA) is 83.7 Å². The number of hydrazone groups is 1. The molecule has 6 nitrogen and oxygen atoms in total. The van der Waals surface area contributed by atoms with Gasteiger partial charge in [-0.25, -0.2) is 5.43 Å². The molecule has 1 aromatic carbocycles. The molecule has 0 spiro atoms. The van der Waals surface area contributed by atoms with Gasteiger partial charge in [-0.3, -0.25) is 9.59 Å². The Hall–Kier alpha value is -2.89. The highest BCUT2D eigenvalue weighted by Crippen LogP contribution is 2.13. The van der Waals surface area contributed by atoms with E-state index >= 15 is 0 Å². The molecular formula is C22H29N3O3. The first-order valence-electron chi connectivity index (χ1n) is 9.88. The summed E-state index contributed by atoms with van der Waals surface area (Å²) in [6.07, 6.45) is 8.81. The molecule has 2 rings (SSSR count). The average Bonchev–Trinajstić information content (AvgIpc) is 3.24. The summed E-state index contributed by atoms with van der Waals surface area (Å²) in [5.41, 5.74) is 4.73. The van der Waals surface area contributed by atoms with Crippen LogP contribution in [0.5, 0.6) is 0 Å². The predicted molar refractivity (Wildman–Crippen MR) is 111 cm³/mol. The van der Waals surface area contributed by atoms with Crippen LogP contribution in [0.1, 0.15) is 74.9 Å². The van der Waals surface area contributed by atoms with Gasteiger partial charge in [0, 0.05) is 12.1 Å². The van der Waals surface area contributed by atoms with Crippen LogP contribution >= 0.6 is 0 Å². The molecule has 6 heteroatoms. The molecule has 1 heterocycles. The van der Waals surface area contributed by atoms with Crippen LogP contribution < -0.4 is 10.7 Å². The first kappa shape index (κ1) is 21.4. The molecule has 2 N–H and O–H groups in total. The number of nitrogens with one attached hydrogen (secondary N) is 2. The number of nitrogens with zero attached hydrogens (tertiary/aromatic N) is 1. The molecule has 0 saturated carbocycles. The van der Waals surface area contributed by atoms with Crippen molar-refractivity contribution in [2.75, 3.05) is 5.32 Å². The van der Waals surface area contributed by atoms with Gasteiger partial charge in [0.25, 0.3) is 5.91 Å². The number of unbranched alkanes of at least 4 members (excludes halogenated alkanes) is 5. The van der Waals surface area contributed by atoms with E-state index in [1.54, 1.807) is 24.3 Å². The highest BCUT2D eigenvalue weighted by Gasteiger charge is 2.09. The quantitative estimate of drug-likeness (QED) is 0.321. The Morgan fingerprint density at radius 2 is 1.82 bits per heavy atom. The lowest BCUT2D eigenvalue weighted by molar-refractivity contribution is -0.121. The molecule has 0 aliphatic carbocycles. The number of rotatable bonds is 11. The van der Waals surface area contributed by atoms with Gasteiger partial charge in [0.05, 0.1) is 12.0 Å². The Labute approximate surface area is 166 Å². The molecule has 0 saturated heterocycles. The van der Waals surface area contributed by atoms with E-state index in [1.807, 2.05) is 19.1 Å². The smallest absolute Gasteiger partial charge is 0.291 e. The van der Waals surface area contributed by atoms with Crippen molar-refractivity contribution in [3.05, 3.63) is 54.0 Å². The summed E-state index contributed by atoms with van der Waals surface area (Å²) in [4.78, 5) is 24.0. The Balaban J connectivity index is 1.81. The number of hydrogen-bond acceptors (Lipinski definition) is 4. The van der Waals surface area contributed by atoms with Crippen molar-refractivity contribution in [1.82, 2.24) is 5.43 Å². The van der Waals surface area contributed by atoms with Crippen molar-refractivity contribution < 1.29 is 14.0 Å². The van der Waals surface area contributed by atoms with Gasteiger partial charge in [-0.2, -0.15) is 5.10 Å². The molecular weight excluding hydrogens is 354 g/mol. The van der Waals surface area contributed by atoms with Crippen LogP contribution in [0.15, 0.2) is 52.2 Å². The summed E-state index contributed by atoms with van der Waals surface area (Å²) < 4.78 is 5.09. The minimum atomic E-state index is -0.316.